The summed E-state index contributed by atoms with van der Waals surface area (Å²) in [6.45, 7) is -0.0331. The number of benzene rings is 2. The van der Waals surface area contributed by atoms with E-state index in [0.29, 0.717) is 5.69 Å². The molecule has 4 rings (SSSR count). The van der Waals surface area contributed by atoms with Gasteiger partial charge in [-0.1, -0.05) is 42.5 Å². The fraction of sp³-hybridized carbons (Fsp3) is 0.190. The molecule has 0 radical (unpaired) electrons. The van der Waals surface area contributed by atoms with Gasteiger partial charge in [-0.25, -0.2) is 0 Å². The minimum Gasteiger partial charge on any atom is -0.347 e. The van der Waals surface area contributed by atoms with Crippen LogP contribution in [0.3, 0.4) is 0 Å². The maximum atomic E-state index is 12.3. The van der Waals surface area contributed by atoms with Crippen LogP contribution in [0, 0.1) is 5.92 Å². The van der Waals surface area contributed by atoms with Crippen molar-refractivity contribution in [1.29, 1.82) is 0 Å². The fourth-order valence-corrected chi connectivity index (χ4v) is 3.23. The molecule has 5 nitrogen and oxygen atoms in total. The maximum absolute atomic E-state index is 12.3. The average molecular weight is 345 g/mol. The SMILES string of the molecule is O=C(CNC(=O)[C@@H]1C[C@H]1c1ccc2ccccc2c1)Nc1cccnc1. The highest BCUT2D eigenvalue weighted by atomic mass is 16.2. The lowest BCUT2D eigenvalue weighted by Crippen LogP contribution is -2.34. The second-order valence-corrected chi connectivity index (χ2v) is 6.56. The Morgan fingerprint density at radius 3 is 2.69 bits per heavy atom. The summed E-state index contributed by atoms with van der Waals surface area (Å²) in [6.07, 6.45) is 4.03. The molecule has 2 aromatic carbocycles. The Morgan fingerprint density at radius 2 is 1.88 bits per heavy atom. The number of aromatic nitrogens is 1. The van der Waals surface area contributed by atoms with Crippen LogP contribution in [-0.4, -0.2) is 23.3 Å². The number of pyridine rings is 1. The van der Waals surface area contributed by atoms with Crippen molar-refractivity contribution in [2.75, 3.05) is 11.9 Å². The van der Waals surface area contributed by atoms with Crippen LogP contribution in [0.25, 0.3) is 10.8 Å². The Bertz CT molecular complexity index is 956. The van der Waals surface area contributed by atoms with E-state index in [1.54, 1.807) is 24.5 Å². The number of hydrogen-bond acceptors (Lipinski definition) is 3. The minimum atomic E-state index is -0.255. The van der Waals surface area contributed by atoms with Gasteiger partial charge in [-0.2, -0.15) is 0 Å². The van der Waals surface area contributed by atoms with Gasteiger partial charge in [-0.15, -0.1) is 0 Å². The van der Waals surface area contributed by atoms with Gasteiger partial charge in [-0.3, -0.25) is 14.6 Å². The summed E-state index contributed by atoms with van der Waals surface area (Å²) in [5, 5.41) is 7.82. The summed E-state index contributed by atoms with van der Waals surface area (Å²) in [5.41, 5.74) is 1.80. The monoisotopic (exact) mass is 345 g/mol. The summed E-state index contributed by atoms with van der Waals surface area (Å²) >= 11 is 0. The number of amides is 2. The number of carbonyl (C=O) groups excluding carboxylic acids is 2. The van der Waals surface area contributed by atoms with E-state index in [9.17, 15) is 9.59 Å². The first-order chi connectivity index (χ1) is 12.7. The van der Waals surface area contributed by atoms with Gasteiger partial charge >= 0.3 is 0 Å². The standard InChI is InChI=1S/C21H19N3O2/c25-20(24-17-6-3-9-22-12-17)13-23-21(26)19-11-18(19)16-8-7-14-4-1-2-5-15(14)10-16/h1-10,12,18-19H,11,13H2,(H,23,26)(H,24,25)/t18-,19+/m0/s1. The van der Waals surface area contributed by atoms with Gasteiger partial charge in [0.2, 0.25) is 11.8 Å². The molecule has 1 aromatic heterocycles. The molecule has 130 valence electrons. The number of rotatable bonds is 5. The fourth-order valence-electron chi connectivity index (χ4n) is 3.23. The van der Waals surface area contributed by atoms with Crippen molar-refractivity contribution in [1.82, 2.24) is 10.3 Å². The van der Waals surface area contributed by atoms with Crippen molar-refractivity contribution in [2.45, 2.75) is 12.3 Å². The first-order valence-corrected chi connectivity index (χ1v) is 8.67. The van der Waals surface area contributed by atoms with Crippen LogP contribution < -0.4 is 10.6 Å². The van der Waals surface area contributed by atoms with Gasteiger partial charge in [-0.05, 0) is 40.8 Å². The Balaban J connectivity index is 1.31. The van der Waals surface area contributed by atoms with Gasteiger partial charge in [0.15, 0.2) is 0 Å². The molecule has 0 saturated heterocycles. The van der Waals surface area contributed by atoms with Crippen molar-refractivity contribution < 1.29 is 9.59 Å². The summed E-state index contributed by atoms with van der Waals surface area (Å²) in [4.78, 5) is 28.1. The number of carbonyl (C=O) groups is 2. The zero-order valence-corrected chi connectivity index (χ0v) is 14.2. The first-order valence-electron chi connectivity index (χ1n) is 8.67. The van der Waals surface area contributed by atoms with Crippen LogP contribution in [0.4, 0.5) is 5.69 Å². The van der Waals surface area contributed by atoms with Gasteiger partial charge < -0.3 is 10.6 Å². The van der Waals surface area contributed by atoms with Gasteiger partial charge in [0.05, 0.1) is 18.4 Å². The van der Waals surface area contributed by atoms with Crippen molar-refractivity contribution in [3.05, 3.63) is 72.6 Å². The Hall–Kier alpha value is -3.21. The zero-order valence-electron chi connectivity index (χ0n) is 14.2. The van der Waals surface area contributed by atoms with E-state index >= 15 is 0 Å². The molecule has 1 saturated carbocycles. The third kappa shape index (κ3) is 3.57. The summed E-state index contributed by atoms with van der Waals surface area (Å²) in [7, 11) is 0. The molecule has 1 heterocycles. The molecular weight excluding hydrogens is 326 g/mol. The van der Waals surface area contributed by atoms with Crippen LogP contribution >= 0.6 is 0 Å². The predicted molar refractivity (Wildman–Crippen MR) is 101 cm³/mol. The van der Waals surface area contributed by atoms with Crippen LogP contribution in [-0.2, 0) is 9.59 Å². The molecule has 1 fully saturated rings. The third-order valence-electron chi connectivity index (χ3n) is 4.70. The molecule has 0 spiro atoms. The van der Waals surface area contributed by atoms with Crippen LogP contribution in [0.5, 0.6) is 0 Å². The quantitative estimate of drug-likeness (QED) is 0.746. The van der Waals surface area contributed by atoms with Gasteiger partial charge in [0.1, 0.15) is 0 Å². The highest BCUT2D eigenvalue weighted by molar-refractivity contribution is 5.95. The molecule has 0 aliphatic heterocycles. The number of nitrogens with one attached hydrogen (secondary N) is 2. The number of nitrogens with zero attached hydrogens (tertiary/aromatic N) is 1. The van der Waals surface area contributed by atoms with E-state index in [2.05, 4.69) is 45.9 Å². The van der Waals surface area contributed by atoms with Crippen LogP contribution in [0.2, 0.25) is 0 Å². The second kappa shape index (κ2) is 6.96. The molecule has 2 amide bonds. The van der Waals surface area contributed by atoms with E-state index in [1.807, 2.05) is 12.1 Å². The van der Waals surface area contributed by atoms with E-state index in [0.717, 1.165) is 6.42 Å². The molecule has 1 aliphatic rings. The number of fused-ring (bicyclic) bond motifs is 1. The normalized spacial score (nSPS) is 18.3. The van der Waals surface area contributed by atoms with Crippen LogP contribution in [0.1, 0.15) is 17.9 Å². The molecule has 5 heteroatoms. The predicted octanol–water partition coefficient (Wildman–Crippen LogP) is 3.09. The van der Waals surface area contributed by atoms with E-state index in [4.69, 9.17) is 0 Å². The molecule has 2 atom stereocenters. The molecule has 1 aliphatic carbocycles. The zero-order chi connectivity index (χ0) is 17.9. The van der Waals surface area contributed by atoms with E-state index in [-0.39, 0.29) is 30.2 Å². The van der Waals surface area contributed by atoms with Crippen molar-refractivity contribution in [3.8, 4) is 0 Å². The molecule has 3 aromatic rings. The average Bonchev–Trinajstić information content (AvgIpc) is 3.47. The molecular formula is C21H19N3O2. The van der Waals surface area contributed by atoms with Gasteiger partial charge in [0.25, 0.3) is 0 Å². The minimum absolute atomic E-state index is 0.0331. The number of anilines is 1. The Morgan fingerprint density at radius 1 is 1.04 bits per heavy atom. The lowest BCUT2D eigenvalue weighted by Gasteiger charge is -2.07. The summed E-state index contributed by atoms with van der Waals surface area (Å²) < 4.78 is 0. The molecule has 26 heavy (non-hydrogen) atoms. The largest absolute Gasteiger partial charge is 0.347 e. The van der Waals surface area contributed by atoms with Crippen molar-refractivity contribution >= 4 is 28.3 Å². The molecule has 0 unspecified atom stereocenters. The Labute approximate surface area is 151 Å². The smallest absolute Gasteiger partial charge is 0.243 e. The second-order valence-electron chi connectivity index (χ2n) is 6.56. The lowest BCUT2D eigenvalue weighted by molar-refractivity contribution is -0.125. The van der Waals surface area contributed by atoms with Crippen LogP contribution in [0.15, 0.2) is 67.0 Å². The Kier molecular flexibility index (Phi) is 4.35. The highest BCUT2D eigenvalue weighted by Gasteiger charge is 2.43. The molecule has 2 N–H and O–H groups in total. The first kappa shape index (κ1) is 16.3. The summed E-state index contributed by atoms with van der Waals surface area (Å²) in [6, 6.07) is 18.0. The summed E-state index contributed by atoms with van der Waals surface area (Å²) in [5.74, 6) is -0.137. The lowest BCUT2D eigenvalue weighted by atomic mass is 10.0. The topological polar surface area (TPSA) is 71.1 Å². The van der Waals surface area contributed by atoms with Crippen molar-refractivity contribution in [3.63, 3.8) is 0 Å². The van der Waals surface area contributed by atoms with E-state index in [1.165, 1.54) is 16.3 Å². The van der Waals surface area contributed by atoms with Gasteiger partial charge in [0, 0.05) is 12.1 Å². The van der Waals surface area contributed by atoms with E-state index < -0.39 is 0 Å². The molecule has 0 bridgehead atoms. The number of hydrogen-bond donors (Lipinski definition) is 2. The maximum Gasteiger partial charge on any atom is 0.243 e. The highest BCUT2D eigenvalue weighted by Crippen LogP contribution is 2.48. The van der Waals surface area contributed by atoms with Crippen molar-refractivity contribution in [2.24, 2.45) is 5.92 Å². The third-order valence-corrected chi connectivity index (χ3v) is 4.70.